The van der Waals surface area contributed by atoms with Gasteiger partial charge in [-0.1, -0.05) is 41.5 Å². The molecule has 4 aliphatic rings. The molecule has 0 bridgehead atoms. The van der Waals surface area contributed by atoms with Gasteiger partial charge >= 0.3 is 0 Å². The quantitative estimate of drug-likeness (QED) is 0.551. The van der Waals surface area contributed by atoms with E-state index >= 15 is 0 Å². The highest BCUT2D eigenvalue weighted by Gasteiger charge is 2.62. The Morgan fingerprint density at radius 1 is 0.885 bits per heavy atom. The van der Waals surface area contributed by atoms with Crippen LogP contribution in [-0.2, 0) is 4.79 Å². The fraction of sp³-hybridized carbons (Fsp3) is 0.958. The Hall–Kier alpha value is -0.370. The molecule has 0 spiro atoms. The predicted molar refractivity (Wildman–Crippen MR) is 110 cm³/mol. The van der Waals surface area contributed by atoms with Crippen molar-refractivity contribution in [2.24, 2.45) is 39.9 Å². The van der Waals surface area contributed by atoms with Crippen molar-refractivity contribution in [3.8, 4) is 0 Å². The number of fused-ring (bicyclic) bond motifs is 5. The lowest BCUT2D eigenvalue weighted by molar-refractivity contribution is -0.162. The minimum atomic E-state index is 0.293. The molecule has 7 atom stereocenters. The average molecular weight is 365 g/mol. The normalized spacial score (nSPS) is 49.5. The molecule has 1 N–H and O–H groups in total. The molecule has 0 aromatic rings. The van der Waals surface area contributed by atoms with Gasteiger partial charge in [0.15, 0.2) is 0 Å². The van der Waals surface area contributed by atoms with Gasteiger partial charge < -0.3 is 5.11 Å². The fourth-order valence-electron chi connectivity index (χ4n) is 7.66. The molecule has 4 aliphatic carbocycles. The summed E-state index contributed by atoms with van der Waals surface area (Å²) in [6.07, 6.45) is 11.4. The Kier molecular flexibility index (Phi) is 6.69. The van der Waals surface area contributed by atoms with E-state index in [-0.39, 0.29) is 0 Å². The number of carbonyl (C=O) groups is 1. The van der Waals surface area contributed by atoms with Gasteiger partial charge in [0.2, 0.25) is 0 Å². The summed E-state index contributed by atoms with van der Waals surface area (Å²) in [5.41, 5.74) is 1.34. The van der Waals surface area contributed by atoms with Gasteiger partial charge in [-0.2, -0.15) is 0 Å². The summed E-state index contributed by atoms with van der Waals surface area (Å²) < 4.78 is 0. The molecular weight excluding hydrogens is 320 g/mol. The first-order chi connectivity index (χ1) is 12.3. The van der Waals surface area contributed by atoms with Gasteiger partial charge in [0, 0.05) is 20.0 Å². The van der Waals surface area contributed by atoms with Crippen LogP contribution >= 0.6 is 0 Å². The van der Waals surface area contributed by atoms with E-state index < -0.39 is 0 Å². The van der Waals surface area contributed by atoms with Crippen LogP contribution < -0.4 is 0 Å². The van der Waals surface area contributed by atoms with Crippen LogP contribution in [0, 0.1) is 39.9 Å². The number of hydrogen-bond donors (Lipinski definition) is 1. The third-order valence-corrected chi connectivity index (χ3v) is 9.65. The van der Waals surface area contributed by atoms with Gasteiger partial charge in [-0.05, 0) is 84.9 Å². The van der Waals surface area contributed by atoms with E-state index in [2.05, 4.69) is 27.7 Å². The van der Waals surface area contributed by atoms with Crippen LogP contribution in [-0.4, -0.2) is 18.0 Å². The van der Waals surface area contributed by atoms with Gasteiger partial charge in [-0.25, -0.2) is 0 Å². The van der Waals surface area contributed by atoms with Crippen molar-refractivity contribution < 1.29 is 9.90 Å². The molecule has 2 nitrogen and oxygen atoms in total. The van der Waals surface area contributed by atoms with Crippen molar-refractivity contribution >= 4 is 5.78 Å². The fourth-order valence-corrected chi connectivity index (χ4v) is 7.66. The van der Waals surface area contributed by atoms with Crippen molar-refractivity contribution in [1.29, 1.82) is 0 Å². The van der Waals surface area contributed by atoms with Crippen molar-refractivity contribution in [2.75, 3.05) is 7.11 Å². The van der Waals surface area contributed by atoms with Crippen LogP contribution in [0.5, 0.6) is 0 Å². The highest BCUT2D eigenvalue weighted by Crippen LogP contribution is 2.70. The second-order valence-corrected chi connectivity index (χ2v) is 10.1. The Labute approximate surface area is 162 Å². The highest BCUT2D eigenvalue weighted by molar-refractivity contribution is 5.80. The molecule has 0 radical (unpaired) electrons. The molecule has 0 aromatic heterocycles. The average Bonchev–Trinajstić information content (AvgIpc) is 2.95. The SMILES string of the molecule is CC.CC1CCC2C3CCC4(C)CC(=O)CCC4(C)C3CCC12C.CO. The topological polar surface area (TPSA) is 37.3 Å². The van der Waals surface area contributed by atoms with E-state index in [1.54, 1.807) is 0 Å². The Balaban J connectivity index is 0.000000570. The van der Waals surface area contributed by atoms with Crippen molar-refractivity contribution in [2.45, 2.75) is 99.3 Å². The minimum Gasteiger partial charge on any atom is -0.400 e. The molecule has 0 amide bonds. The summed E-state index contributed by atoms with van der Waals surface area (Å²) in [5, 5.41) is 7.00. The number of carbonyl (C=O) groups excluding carboxylic acids is 1. The summed E-state index contributed by atoms with van der Waals surface area (Å²) in [7, 11) is 1.00. The van der Waals surface area contributed by atoms with Crippen LogP contribution in [0.15, 0.2) is 0 Å². The summed E-state index contributed by atoms with van der Waals surface area (Å²) in [6.45, 7) is 14.1. The van der Waals surface area contributed by atoms with Crippen LogP contribution in [0.2, 0.25) is 0 Å². The second kappa shape index (κ2) is 7.94. The summed E-state index contributed by atoms with van der Waals surface area (Å²) in [4.78, 5) is 12.1. The second-order valence-electron chi connectivity index (χ2n) is 10.1. The number of Topliss-reactive ketones (excluding diaryl/α,β-unsaturated/α-hetero) is 1. The van der Waals surface area contributed by atoms with Crippen LogP contribution in [0.1, 0.15) is 99.3 Å². The number of rotatable bonds is 0. The zero-order chi connectivity index (χ0) is 19.8. The van der Waals surface area contributed by atoms with E-state index in [1.807, 2.05) is 13.8 Å². The summed E-state index contributed by atoms with van der Waals surface area (Å²) in [5.74, 6) is 4.28. The van der Waals surface area contributed by atoms with Crippen molar-refractivity contribution in [1.82, 2.24) is 0 Å². The first-order valence-electron chi connectivity index (χ1n) is 11.3. The van der Waals surface area contributed by atoms with Crippen LogP contribution in [0.3, 0.4) is 0 Å². The predicted octanol–water partition coefficient (Wildman–Crippen LogP) is 6.26. The van der Waals surface area contributed by atoms with Crippen molar-refractivity contribution in [3.05, 3.63) is 0 Å². The van der Waals surface area contributed by atoms with E-state index in [9.17, 15) is 4.79 Å². The van der Waals surface area contributed by atoms with Gasteiger partial charge in [0.05, 0.1) is 0 Å². The standard InChI is InChI=1S/C21H34O.C2H6.CH4O/c1-14-5-6-17-16-8-10-19(2)13-15(22)7-12-21(19,4)18(16)9-11-20(14,17)3;2*1-2/h14,16-18H,5-13H2,1-4H3;1-2H3;2H,1H3. The maximum absolute atomic E-state index is 12.1. The summed E-state index contributed by atoms with van der Waals surface area (Å²) in [6, 6.07) is 0. The number of aliphatic hydroxyl groups excluding tert-OH is 1. The lowest BCUT2D eigenvalue weighted by Gasteiger charge is -2.64. The van der Waals surface area contributed by atoms with Crippen LogP contribution in [0.25, 0.3) is 0 Å². The molecule has 26 heavy (non-hydrogen) atoms. The maximum atomic E-state index is 12.1. The van der Waals surface area contributed by atoms with E-state index in [1.165, 1.54) is 44.9 Å². The van der Waals surface area contributed by atoms with Gasteiger partial charge in [0.1, 0.15) is 5.78 Å². The molecule has 4 fully saturated rings. The Bertz CT molecular complexity index is 500. The third-order valence-electron chi connectivity index (χ3n) is 9.65. The summed E-state index contributed by atoms with van der Waals surface area (Å²) >= 11 is 0. The molecule has 0 saturated heterocycles. The molecule has 152 valence electrons. The molecule has 4 rings (SSSR count). The molecule has 2 heteroatoms. The molecule has 0 heterocycles. The number of aliphatic hydroxyl groups is 1. The zero-order valence-corrected chi connectivity index (χ0v) is 18.5. The van der Waals surface area contributed by atoms with Crippen molar-refractivity contribution in [3.63, 3.8) is 0 Å². The molecule has 7 unspecified atom stereocenters. The molecule has 4 saturated carbocycles. The first kappa shape index (κ1) is 21.9. The number of hydrogen-bond acceptors (Lipinski definition) is 2. The first-order valence-corrected chi connectivity index (χ1v) is 11.3. The monoisotopic (exact) mass is 364 g/mol. The lowest BCUT2D eigenvalue weighted by atomic mass is 9.40. The third kappa shape index (κ3) is 3.09. The maximum Gasteiger partial charge on any atom is 0.133 e. The smallest absolute Gasteiger partial charge is 0.133 e. The van der Waals surface area contributed by atoms with E-state index in [0.717, 1.165) is 43.6 Å². The highest BCUT2D eigenvalue weighted by atomic mass is 16.2. The molecule has 0 aliphatic heterocycles. The van der Waals surface area contributed by atoms with Gasteiger partial charge in [0.25, 0.3) is 0 Å². The van der Waals surface area contributed by atoms with Gasteiger partial charge in [-0.15, -0.1) is 0 Å². The van der Waals surface area contributed by atoms with E-state index in [4.69, 9.17) is 5.11 Å². The Morgan fingerprint density at radius 3 is 2.19 bits per heavy atom. The van der Waals surface area contributed by atoms with Gasteiger partial charge in [-0.3, -0.25) is 4.79 Å². The molecular formula is C24H44O2. The largest absolute Gasteiger partial charge is 0.400 e. The van der Waals surface area contributed by atoms with Crippen LogP contribution in [0.4, 0.5) is 0 Å². The van der Waals surface area contributed by atoms with E-state index in [0.29, 0.717) is 22.0 Å². The Morgan fingerprint density at radius 2 is 1.54 bits per heavy atom. The molecule has 0 aromatic carbocycles. The zero-order valence-electron chi connectivity index (χ0n) is 18.5. The lowest BCUT2D eigenvalue weighted by Crippen LogP contribution is -2.57. The number of ketones is 1. The minimum absolute atomic E-state index is 0.293.